The van der Waals surface area contributed by atoms with Gasteiger partial charge in [0.1, 0.15) is 5.16 Å². The van der Waals surface area contributed by atoms with E-state index in [2.05, 4.69) is 35.0 Å². The minimum absolute atomic E-state index is 0.710. The standard InChI is InChI=1S/C15H15ClN2S/c16-14-7-3-6-12(15-13(18-14)8-9-19-15)17-10-11-4-1-2-5-11/h1-2,4,7-9,18H,3,5-6,10H2. The lowest BCUT2D eigenvalue weighted by Crippen LogP contribution is -2.07. The van der Waals surface area contributed by atoms with Gasteiger partial charge < -0.3 is 5.32 Å². The average Bonchev–Trinajstić information content (AvgIpc) is 3.03. The second-order valence-corrected chi connectivity index (χ2v) is 5.92. The molecule has 1 N–H and O–H groups in total. The molecular weight excluding hydrogens is 276 g/mol. The number of fused-ring (bicyclic) bond motifs is 1. The van der Waals surface area contributed by atoms with Gasteiger partial charge in [0, 0.05) is 0 Å². The molecule has 0 unspecified atom stereocenters. The quantitative estimate of drug-likeness (QED) is 0.784. The molecule has 1 aromatic rings. The molecule has 0 fully saturated rings. The third kappa shape index (κ3) is 2.99. The Hall–Kier alpha value is -1.32. The highest BCUT2D eigenvalue weighted by molar-refractivity contribution is 7.12. The highest BCUT2D eigenvalue weighted by Gasteiger charge is 2.14. The average molecular weight is 291 g/mol. The summed E-state index contributed by atoms with van der Waals surface area (Å²) in [5.41, 5.74) is 3.64. The molecule has 0 atom stereocenters. The zero-order valence-corrected chi connectivity index (χ0v) is 12.1. The number of nitrogens with one attached hydrogen (secondary N) is 1. The molecule has 4 heteroatoms. The molecule has 98 valence electrons. The Morgan fingerprint density at radius 1 is 1.42 bits per heavy atom. The third-order valence-electron chi connectivity index (χ3n) is 3.21. The van der Waals surface area contributed by atoms with Gasteiger partial charge in [0.15, 0.2) is 0 Å². The molecule has 0 aromatic carbocycles. The first-order chi connectivity index (χ1) is 9.33. The molecular formula is C15H15ClN2S. The van der Waals surface area contributed by atoms with Gasteiger partial charge in [-0.25, -0.2) is 0 Å². The molecule has 3 rings (SSSR count). The zero-order valence-electron chi connectivity index (χ0n) is 10.5. The summed E-state index contributed by atoms with van der Waals surface area (Å²) in [7, 11) is 0. The number of anilines is 1. The van der Waals surface area contributed by atoms with Crippen molar-refractivity contribution in [3.63, 3.8) is 0 Å². The molecule has 0 spiro atoms. The van der Waals surface area contributed by atoms with Crippen molar-refractivity contribution in [1.82, 2.24) is 0 Å². The Morgan fingerprint density at radius 2 is 2.37 bits per heavy atom. The lowest BCUT2D eigenvalue weighted by atomic mass is 10.1. The van der Waals surface area contributed by atoms with Crippen molar-refractivity contribution in [1.29, 1.82) is 0 Å². The Morgan fingerprint density at radius 3 is 3.21 bits per heavy atom. The zero-order chi connectivity index (χ0) is 13.1. The second kappa shape index (κ2) is 5.76. The summed E-state index contributed by atoms with van der Waals surface area (Å²) < 4.78 is 0. The van der Waals surface area contributed by atoms with Gasteiger partial charge in [-0.1, -0.05) is 29.8 Å². The fraction of sp³-hybridized carbons (Fsp3) is 0.267. The lowest BCUT2D eigenvalue weighted by molar-refractivity contribution is 1.03. The van der Waals surface area contributed by atoms with Crippen molar-refractivity contribution in [2.75, 3.05) is 11.9 Å². The smallest absolute Gasteiger partial charge is 0.102 e. The molecule has 19 heavy (non-hydrogen) atoms. The Labute approximate surface area is 122 Å². The normalized spacial score (nSPS) is 20.4. The van der Waals surface area contributed by atoms with Crippen LogP contribution in [0.4, 0.5) is 5.69 Å². The highest BCUT2D eigenvalue weighted by atomic mass is 35.5. The van der Waals surface area contributed by atoms with Crippen LogP contribution in [0.5, 0.6) is 0 Å². The molecule has 0 amide bonds. The number of allylic oxidation sites excluding steroid dienone is 4. The molecule has 1 aliphatic heterocycles. The number of halogens is 1. The Kier molecular flexibility index (Phi) is 3.85. The maximum absolute atomic E-state index is 6.10. The monoisotopic (exact) mass is 290 g/mol. The molecule has 2 aliphatic rings. The first-order valence-electron chi connectivity index (χ1n) is 6.41. The van der Waals surface area contributed by atoms with E-state index >= 15 is 0 Å². The van der Waals surface area contributed by atoms with E-state index in [1.165, 1.54) is 16.2 Å². The van der Waals surface area contributed by atoms with Crippen molar-refractivity contribution in [2.24, 2.45) is 4.99 Å². The van der Waals surface area contributed by atoms with E-state index in [4.69, 9.17) is 16.6 Å². The Bertz CT molecular complexity index is 593. The summed E-state index contributed by atoms with van der Waals surface area (Å²) in [5.74, 6) is 0. The third-order valence-corrected chi connectivity index (χ3v) is 4.42. The number of thiophene rings is 1. The van der Waals surface area contributed by atoms with Crippen molar-refractivity contribution < 1.29 is 0 Å². The van der Waals surface area contributed by atoms with Gasteiger partial charge in [0.25, 0.3) is 0 Å². The summed E-state index contributed by atoms with van der Waals surface area (Å²) >= 11 is 7.83. The summed E-state index contributed by atoms with van der Waals surface area (Å²) in [6.07, 6.45) is 11.4. The van der Waals surface area contributed by atoms with Crippen LogP contribution >= 0.6 is 22.9 Å². The van der Waals surface area contributed by atoms with Crippen LogP contribution in [-0.2, 0) is 0 Å². The Balaban J connectivity index is 1.83. The van der Waals surface area contributed by atoms with Crippen LogP contribution in [0.2, 0.25) is 0 Å². The van der Waals surface area contributed by atoms with E-state index in [-0.39, 0.29) is 0 Å². The molecule has 1 aliphatic carbocycles. The van der Waals surface area contributed by atoms with Gasteiger partial charge in [-0.2, -0.15) is 0 Å². The van der Waals surface area contributed by atoms with Crippen molar-refractivity contribution in [2.45, 2.75) is 19.3 Å². The van der Waals surface area contributed by atoms with Crippen molar-refractivity contribution >= 4 is 34.3 Å². The number of nitrogens with zero attached hydrogens (tertiary/aromatic N) is 1. The molecule has 0 saturated heterocycles. The summed E-state index contributed by atoms with van der Waals surface area (Å²) in [4.78, 5) is 6.03. The van der Waals surface area contributed by atoms with Crippen molar-refractivity contribution in [3.8, 4) is 0 Å². The molecule has 0 radical (unpaired) electrons. The molecule has 0 bridgehead atoms. The topological polar surface area (TPSA) is 24.4 Å². The predicted molar refractivity (Wildman–Crippen MR) is 84.4 cm³/mol. The molecule has 2 heterocycles. The van der Waals surface area contributed by atoms with E-state index < -0.39 is 0 Å². The van der Waals surface area contributed by atoms with Gasteiger partial charge in [-0.05, 0) is 42.4 Å². The summed E-state index contributed by atoms with van der Waals surface area (Å²) in [6.45, 7) is 0.803. The van der Waals surface area contributed by atoms with Crippen LogP contribution in [0.1, 0.15) is 24.1 Å². The van der Waals surface area contributed by atoms with Crippen LogP contribution < -0.4 is 5.32 Å². The molecule has 0 saturated carbocycles. The van der Waals surface area contributed by atoms with Gasteiger partial charge >= 0.3 is 0 Å². The highest BCUT2D eigenvalue weighted by Crippen LogP contribution is 2.29. The summed E-state index contributed by atoms with van der Waals surface area (Å²) in [6, 6.07) is 2.06. The van der Waals surface area contributed by atoms with Crippen LogP contribution in [0.3, 0.4) is 0 Å². The van der Waals surface area contributed by atoms with Crippen LogP contribution in [0.15, 0.2) is 51.5 Å². The van der Waals surface area contributed by atoms with E-state index in [1.807, 2.05) is 6.08 Å². The first-order valence-corrected chi connectivity index (χ1v) is 7.67. The molecule has 2 nitrogen and oxygen atoms in total. The van der Waals surface area contributed by atoms with E-state index in [1.54, 1.807) is 11.3 Å². The number of rotatable bonds is 2. The van der Waals surface area contributed by atoms with Crippen LogP contribution in [-0.4, -0.2) is 12.3 Å². The fourth-order valence-corrected chi connectivity index (χ4v) is 3.32. The lowest BCUT2D eigenvalue weighted by Gasteiger charge is -2.12. The van der Waals surface area contributed by atoms with E-state index in [0.29, 0.717) is 5.16 Å². The predicted octanol–water partition coefficient (Wildman–Crippen LogP) is 4.71. The fourth-order valence-electron chi connectivity index (χ4n) is 2.22. The van der Waals surface area contributed by atoms with Crippen LogP contribution in [0.25, 0.3) is 0 Å². The summed E-state index contributed by atoms with van der Waals surface area (Å²) in [5, 5.41) is 6.02. The minimum atomic E-state index is 0.710. The molecule has 1 aromatic heterocycles. The minimum Gasteiger partial charge on any atom is -0.345 e. The van der Waals surface area contributed by atoms with Crippen molar-refractivity contribution in [3.05, 3.63) is 51.4 Å². The SMILES string of the molecule is ClC1=CCCC(=NCC2=CC=CC2)c2sccc2N1. The number of hydrogen-bond donors (Lipinski definition) is 1. The largest absolute Gasteiger partial charge is 0.345 e. The van der Waals surface area contributed by atoms with E-state index in [0.717, 1.165) is 31.5 Å². The van der Waals surface area contributed by atoms with Gasteiger partial charge in [0.2, 0.25) is 0 Å². The maximum Gasteiger partial charge on any atom is 0.102 e. The number of aliphatic imine (C=N–C) groups is 1. The van der Waals surface area contributed by atoms with Crippen LogP contribution in [0, 0.1) is 0 Å². The maximum atomic E-state index is 6.10. The first kappa shape index (κ1) is 12.7. The van der Waals surface area contributed by atoms with E-state index in [9.17, 15) is 0 Å². The van der Waals surface area contributed by atoms with Gasteiger partial charge in [0.05, 0.1) is 22.8 Å². The second-order valence-electron chi connectivity index (χ2n) is 4.60. The van der Waals surface area contributed by atoms with Gasteiger partial charge in [-0.3, -0.25) is 4.99 Å². The van der Waals surface area contributed by atoms with Gasteiger partial charge in [-0.15, -0.1) is 11.3 Å². The number of hydrogen-bond acceptors (Lipinski definition) is 3.